The molecule has 0 aromatic heterocycles. The van der Waals surface area contributed by atoms with E-state index in [2.05, 4.69) is 13.8 Å². The Morgan fingerprint density at radius 3 is 2.55 bits per heavy atom. The Labute approximate surface area is 70.7 Å². The summed E-state index contributed by atoms with van der Waals surface area (Å²) in [4.78, 5) is 0. The summed E-state index contributed by atoms with van der Waals surface area (Å²) in [5, 5.41) is 0. The Hall–Kier alpha value is -0.260. The largest absolute Gasteiger partial charge is 0.0741 e. The fourth-order valence-corrected chi connectivity index (χ4v) is 1.88. The number of hydrogen-bond acceptors (Lipinski definition) is 0. The number of hydrogen-bond donors (Lipinski definition) is 0. The molecule has 0 nitrogen and oxygen atoms in total. The van der Waals surface area contributed by atoms with E-state index in [4.69, 9.17) is 0 Å². The van der Waals surface area contributed by atoms with E-state index in [1.54, 1.807) is 11.1 Å². The Kier molecular flexibility index (Phi) is 3.68. The maximum absolute atomic E-state index is 2.31. The lowest BCUT2D eigenvalue weighted by Gasteiger charge is -2.01. The summed E-state index contributed by atoms with van der Waals surface area (Å²) in [5.41, 5.74) is 3.47. The van der Waals surface area contributed by atoms with Crippen molar-refractivity contribution in [2.75, 3.05) is 0 Å². The van der Waals surface area contributed by atoms with E-state index in [9.17, 15) is 0 Å². The van der Waals surface area contributed by atoms with E-state index in [0.717, 1.165) is 0 Å². The quantitative estimate of drug-likeness (QED) is 0.421. The standard InChI is InChI=1S/C11H20/c1-3-4-5-8-11-9-6-7-10(11)2/h3-9H2,1-2H3. The molecule has 0 fully saturated rings. The van der Waals surface area contributed by atoms with Crippen LogP contribution in [0.4, 0.5) is 0 Å². The van der Waals surface area contributed by atoms with Crippen molar-refractivity contribution in [3.63, 3.8) is 0 Å². The molecule has 0 saturated carbocycles. The molecule has 1 rings (SSSR count). The molecule has 0 unspecified atom stereocenters. The van der Waals surface area contributed by atoms with Crippen LogP contribution in [0.25, 0.3) is 0 Å². The predicted octanol–water partition coefficient (Wildman–Crippen LogP) is 4.07. The minimum atomic E-state index is 1.35. The molecule has 0 heteroatoms. The molecule has 11 heavy (non-hydrogen) atoms. The summed E-state index contributed by atoms with van der Waals surface area (Å²) in [5.74, 6) is 0. The average molecular weight is 152 g/mol. The van der Waals surface area contributed by atoms with E-state index < -0.39 is 0 Å². The van der Waals surface area contributed by atoms with Crippen molar-refractivity contribution in [2.24, 2.45) is 0 Å². The lowest BCUT2D eigenvalue weighted by molar-refractivity contribution is 0.700. The Morgan fingerprint density at radius 1 is 1.18 bits per heavy atom. The fraction of sp³-hybridized carbons (Fsp3) is 0.818. The molecule has 0 heterocycles. The molecule has 0 amide bonds. The van der Waals surface area contributed by atoms with Crippen LogP contribution >= 0.6 is 0 Å². The number of rotatable bonds is 4. The van der Waals surface area contributed by atoms with Gasteiger partial charge in [-0.05, 0) is 39.0 Å². The molecule has 0 atom stereocenters. The minimum Gasteiger partial charge on any atom is -0.0741 e. The molecule has 0 aromatic carbocycles. The van der Waals surface area contributed by atoms with Crippen molar-refractivity contribution in [1.82, 2.24) is 0 Å². The lowest BCUT2D eigenvalue weighted by atomic mass is 10.0. The van der Waals surface area contributed by atoms with E-state index >= 15 is 0 Å². The summed E-state index contributed by atoms with van der Waals surface area (Å²) in [6.07, 6.45) is 9.77. The second-order valence-electron chi connectivity index (χ2n) is 3.69. The summed E-state index contributed by atoms with van der Waals surface area (Å²) in [6, 6.07) is 0. The van der Waals surface area contributed by atoms with Gasteiger partial charge in [0.1, 0.15) is 0 Å². The lowest BCUT2D eigenvalue weighted by Crippen LogP contribution is -1.81. The van der Waals surface area contributed by atoms with Crippen LogP contribution < -0.4 is 0 Å². The maximum Gasteiger partial charge on any atom is -0.0315 e. The van der Waals surface area contributed by atoms with Crippen molar-refractivity contribution in [3.05, 3.63) is 11.1 Å². The average Bonchev–Trinajstić information content (AvgIpc) is 2.37. The molecule has 0 spiro atoms. The molecule has 0 bridgehead atoms. The highest BCUT2D eigenvalue weighted by molar-refractivity contribution is 5.16. The van der Waals surface area contributed by atoms with Crippen molar-refractivity contribution in [3.8, 4) is 0 Å². The van der Waals surface area contributed by atoms with Gasteiger partial charge < -0.3 is 0 Å². The Morgan fingerprint density at radius 2 is 2.00 bits per heavy atom. The van der Waals surface area contributed by atoms with Crippen LogP contribution in [0, 0.1) is 0 Å². The van der Waals surface area contributed by atoms with Crippen LogP contribution in [-0.2, 0) is 0 Å². The molecular formula is C11H20. The summed E-state index contributed by atoms with van der Waals surface area (Å²) >= 11 is 0. The van der Waals surface area contributed by atoms with Gasteiger partial charge in [0.05, 0.1) is 0 Å². The zero-order valence-corrected chi connectivity index (χ0v) is 7.95. The zero-order valence-electron chi connectivity index (χ0n) is 7.95. The molecule has 64 valence electrons. The van der Waals surface area contributed by atoms with Gasteiger partial charge in [-0.3, -0.25) is 0 Å². The van der Waals surface area contributed by atoms with Crippen LogP contribution in [0.15, 0.2) is 11.1 Å². The Balaban J connectivity index is 2.20. The van der Waals surface area contributed by atoms with Gasteiger partial charge in [0.25, 0.3) is 0 Å². The van der Waals surface area contributed by atoms with Gasteiger partial charge in [-0.25, -0.2) is 0 Å². The predicted molar refractivity (Wildman–Crippen MR) is 50.7 cm³/mol. The van der Waals surface area contributed by atoms with E-state index in [-0.39, 0.29) is 0 Å². The van der Waals surface area contributed by atoms with Crippen molar-refractivity contribution in [1.29, 1.82) is 0 Å². The molecule has 0 aromatic rings. The SMILES string of the molecule is CCCCCC1=C(C)CCC1. The molecule has 0 aliphatic heterocycles. The second-order valence-corrected chi connectivity index (χ2v) is 3.69. The van der Waals surface area contributed by atoms with Crippen molar-refractivity contribution < 1.29 is 0 Å². The first kappa shape index (κ1) is 8.83. The van der Waals surface area contributed by atoms with Crippen LogP contribution in [0.2, 0.25) is 0 Å². The van der Waals surface area contributed by atoms with Gasteiger partial charge >= 0.3 is 0 Å². The molecule has 1 aliphatic carbocycles. The molecule has 1 aliphatic rings. The van der Waals surface area contributed by atoms with Crippen molar-refractivity contribution in [2.45, 2.75) is 58.8 Å². The van der Waals surface area contributed by atoms with Gasteiger partial charge in [-0.1, -0.05) is 30.9 Å². The third kappa shape index (κ3) is 2.69. The molecule has 0 N–H and O–H groups in total. The summed E-state index contributed by atoms with van der Waals surface area (Å²) in [6.45, 7) is 4.59. The van der Waals surface area contributed by atoms with Gasteiger partial charge in [0.2, 0.25) is 0 Å². The van der Waals surface area contributed by atoms with Crippen LogP contribution in [0.1, 0.15) is 58.8 Å². The molecule has 0 saturated heterocycles. The van der Waals surface area contributed by atoms with Gasteiger partial charge in [-0.2, -0.15) is 0 Å². The van der Waals surface area contributed by atoms with Gasteiger partial charge in [0.15, 0.2) is 0 Å². The van der Waals surface area contributed by atoms with Crippen molar-refractivity contribution >= 4 is 0 Å². The Bertz CT molecular complexity index is 142. The second kappa shape index (κ2) is 4.58. The first-order chi connectivity index (χ1) is 5.34. The zero-order chi connectivity index (χ0) is 8.10. The van der Waals surface area contributed by atoms with E-state index in [0.29, 0.717) is 0 Å². The van der Waals surface area contributed by atoms with Gasteiger partial charge in [-0.15, -0.1) is 0 Å². The van der Waals surface area contributed by atoms with E-state index in [1.807, 2.05) is 0 Å². The first-order valence-corrected chi connectivity index (χ1v) is 5.02. The highest BCUT2D eigenvalue weighted by atomic mass is 14.1. The normalized spacial score (nSPS) is 18.0. The van der Waals surface area contributed by atoms with Crippen LogP contribution in [0.3, 0.4) is 0 Å². The maximum atomic E-state index is 2.31. The van der Waals surface area contributed by atoms with Crippen LogP contribution in [-0.4, -0.2) is 0 Å². The molecule has 0 radical (unpaired) electrons. The number of allylic oxidation sites excluding steroid dienone is 2. The summed E-state index contributed by atoms with van der Waals surface area (Å²) < 4.78 is 0. The third-order valence-corrected chi connectivity index (χ3v) is 2.72. The number of unbranched alkanes of at least 4 members (excludes halogenated alkanes) is 2. The smallest absolute Gasteiger partial charge is 0.0315 e. The van der Waals surface area contributed by atoms with Gasteiger partial charge in [0, 0.05) is 0 Å². The first-order valence-electron chi connectivity index (χ1n) is 5.02. The van der Waals surface area contributed by atoms with Crippen LogP contribution in [0.5, 0.6) is 0 Å². The summed E-state index contributed by atoms with van der Waals surface area (Å²) in [7, 11) is 0. The molecular weight excluding hydrogens is 132 g/mol. The monoisotopic (exact) mass is 152 g/mol. The highest BCUT2D eigenvalue weighted by Gasteiger charge is 2.09. The fourth-order valence-electron chi connectivity index (χ4n) is 1.88. The van der Waals surface area contributed by atoms with E-state index in [1.165, 1.54) is 44.9 Å². The minimum absolute atomic E-state index is 1.35. The third-order valence-electron chi connectivity index (χ3n) is 2.72. The highest BCUT2D eigenvalue weighted by Crippen LogP contribution is 2.28. The topological polar surface area (TPSA) is 0 Å².